The van der Waals surface area contributed by atoms with E-state index in [-0.39, 0.29) is 30.4 Å². The molecule has 166 valence electrons. The Morgan fingerprint density at radius 1 is 1.29 bits per heavy atom. The molecule has 0 spiro atoms. The van der Waals surface area contributed by atoms with Crippen LogP contribution in [0.15, 0.2) is 23.2 Å². The van der Waals surface area contributed by atoms with Crippen molar-refractivity contribution in [1.82, 2.24) is 0 Å². The van der Waals surface area contributed by atoms with Crippen LogP contribution in [-0.4, -0.2) is 23.4 Å². The van der Waals surface area contributed by atoms with Crippen molar-refractivity contribution in [2.75, 3.05) is 0 Å². The molecule has 5 rings (SSSR count). The summed E-state index contributed by atoms with van der Waals surface area (Å²) in [7, 11) is 0. The highest BCUT2D eigenvalue weighted by atomic mass is 35.5. The molecule has 31 heavy (non-hydrogen) atoms. The van der Waals surface area contributed by atoms with Crippen molar-refractivity contribution in [2.45, 2.75) is 63.7 Å². The molecule has 4 aliphatic rings. The first-order valence-electron chi connectivity index (χ1n) is 10.7. The fourth-order valence-electron chi connectivity index (χ4n) is 6.05. The quantitative estimate of drug-likeness (QED) is 0.465. The van der Waals surface area contributed by atoms with Crippen molar-refractivity contribution in [3.05, 3.63) is 33.8 Å². The van der Waals surface area contributed by atoms with Gasteiger partial charge in [0, 0.05) is 15.5 Å². The number of hydrogen-bond acceptors (Lipinski definition) is 4. The predicted octanol–water partition coefficient (Wildman–Crippen LogP) is 4.22. The first kappa shape index (κ1) is 22.4. The van der Waals surface area contributed by atoms with Crippen LogP contribution < -0.4 is 11.5 Å². The van der Waals surface area contributed by atoms with Gasteiger partial charge in [-0.25, -0.2) is 0 Å². The van der Waals surface area contributed by atoms with Gasteiger partial charge in [0.05, 0.1) is 25.1 Å². The summed E-state index contributed by atoms with van der Waals surface area (Å²) in [6, 6.07) is 7.42. The smallest absolute Gasteiger partial charge is 0.223 e. The number of carbonyl (C=O) groups is 1. The molecule has 4 saturated carbocycles. The third-order valence-corrected chi connectivity index (χ3v) is 8.14. The Bertz CT molecular complexity index is 943. The lowest BCUT2D eigenvalue weighted by Crippen LogP contribution is -2.58. The average molecular weight is 463 g/mol. The van der Waals surface area contributed by atoms with E-state index in [1.165, 1.54) is 0 Å². The van der Waals surface area contributed by atoms with Crippen LogP contribution in [0.2, 0.25) is 10.0 Å². The standard InChI is InChI=1S/C23H28Cl2N4O2/c1-22(4-5-26,31-12-14-2-3-17(24)8-18(14)25)20(27)29-19-15-6-13-7-16(19)11-23(9-13,10-15)21(28)30/h2-3,8,13,15-16,19H,4,6-7,9-12H2,1H3,(H2,27,29)(H2,28,30). The van der Waals surface area contributed by atoms with E-state index in [2.05, 4.69) is 6.07 Å². The largest absolute Gasteiger partial charge is 0.385 e. The van der Waals surface area contributed by atoms with Crippen LogP contribution in [0.1, 0.15) is 51.0 Å². The van der Waals surface area contributed by atoms with E-state index in [0.717, 1.165) is 37.7 Å². The number of primary amides is 1. The number of halogens is 2. The minimum absolute atomic E-state index is 0.0461. The second kappa shape index (κ2) is 8.27. The number of ether oxygens (including phenoxy) is 1. The lowest BCUT2D eigenvalue weighted by Gasteiger charge is -2.57. The van der Waals surface area contributed by atoms with E-state index < -0.39 is 5.60 Å². The third kappa shape index (κ3) is 4.16. The molecule has 8 heteroatoms. The first-order chi connectivity index (χ1) is 14.7. The fraction of sp³-hybridized carbons (Fsp3) is 0.609. The van der Waals surface area contributed by atoms with Crippen LogP contribution in [0.4, 0.5) is 0 Å². The van der Waals surface area contributed by atoms with Crippen LogP contribution in [0.5, 0.6) is 0 Å². The third-order valence-electron chi connectivity index (χ3n) is 7.55. The molecule has 0 aromatic heterocycles. The van der Waals surface area contributed by atoms with Gasteiger partial charge in [0.1, 0.15) is 11.4 Å². The molecular formula is C23H28Cl2N4O2. The zero-order chi connectivity index (χ0) is 22.4. The molecule has 1 aromatic rings. The minimum Gasteiger partial charge on any atom is -0.385 e. The lowest BCUT2D eigenvalue weighted by molar-refractivity contribution is -0.144. The number of benzene rings is 1. The number of nitrogens with two attached hydrogens (primary N) is 2. The van der Waals surface area contributed by atoms with Gasteiger partial charge < -0.3 is 16.2 Å². The molecule has 4 N–H and O–H groups in total. The molecule has 0 heterocycles. The molecule has 1 amide bonds. The van der Waals surface area contributed by atoms with Crippen molar-refractivity contribution in [1.29, 1.82) is 5.26 Å². The maximum atomic E-state index is 12.2. The van der Waals surface area contributed by atoms with E-state index in [1.54, 1.807) is 25.1 Å². The van der Waals surface area contributed by atoms with Crippen molar-refractivity contribution >= 4 is 34.9 Å². The van der Waals surface area contributed by atoms with Gasteiger partial charge in [-0.05, 0) is 74.5 Å². The second-order valence-electron chi connectivity index (χ2n) is 9.71. The number of carbonyl (C=O) groups excluding carboxylic acids is 1. The summed E-state index contributed by atoms with van der Waals surface area (Å²) in [5.41, 5.74) is 11.6. The Kier molecular flexibility index (Phi) is 5.97. The van der Waals surface area contributed by atoms with Crippen LogP contribution in [0, 0.1) is 34.5 Å². The van der Waals surface area contributed by atoms with Crippen molar-refractivity contribution in [2.24, 2.45) is 39.6 Å². The zero-order valence-corrected chi connectivity index (χ0v) is 19.1. The number of hydrogen-bond donors (Lipinski definition) is 2. The molecular weight excluding hydrogens is 435 g/mol. The van der Waals surface area contributed by atoms with E-state index in [0.29, 0.717) is 33.6 Å². The van der Waals surface area contributed by atoms with Gasteiger partial charge in [-0.1, -0.05) is 29.3 Å². The molecule has 0 aliphatic heterocycles. The van der Waals surface area contributed by atoms with Crippen molar-refractivity contribution < 1.29 is 9.53 Å². The number of nitrogens with zero attached hydrogens (tertiary/aromatic N) is 2. The molecule has 3 atom stereocenters. The Morgan fingerprint density at radius 2 is 1.97 bits per heavy atom. The van der Waals surface area contributed by atoms with Crippen LogP contribution in [-0.2, 0) is 16.1 Å². The van der Waals surface area contributed by atoms with E-state index in [1.807, 2.05) is 0 Å². The Balaban J connectivity index is 1.53. The number of nitriles is 1. The summed E-state index contributed by atoms with van der Waals surface area (Å²) < 4.78 is 6.11. The van der Waals surface area contributed by atoms with Gasteiger partial charge in [0.15, 0.2) is 0 Å². The fourth-order valence-corrected chi connectivity index (χ4v) is 6.51. The Hall–Kier alpha value is -1.81. The summed E-state index contributed by atoms with van der Waals surface area (Å²) in [5.74, 6) is 1.31. The highest BCUT2D eigenvalue weighted by molar-refractivity contribution is 6.35. The molecule has 3 unspecified atom stereocenters. The highest BCUT2D eigenvalue weighted by Crippen LogP contribution is 2.60. The highest BCUT2D eigenvalue weighted by Gasteiger charge is 2.58. The molecule has 1 aromatic carbocycles. The second-order valence-corrected chi connectivity index (χ2v) is 10.6. The molecule has 4 aliphatic carbocycles. The van der Waals surface area contributed by atoms with Crippen molar-refractivity contribution in [3.8, 4) is 6.07 Å². The van der Waals surface area contributed by atoms with Gasteiger partial charge in [-0.2, -0.15) is 5.26 Å². The minimum atomic E-state index is -1.03. The maximum Gasteiger partial charge on any atom is 0.223 e. The number of aliphatic imine (C=N–C) groups is 1. The molecule has 4 fully saturated rings. The monoisotopic (exact) mass is 462 g/mol. The van der Waals surface area contributed by atoms with Gasteiger partial charge in [-0.3, -0.25) is 9.79 Å². The van der Waals surface area contributed by atoms with E-state index in [9.17, 15) is 10.1 Å². The summed E-state index contributed by atoms with van der Waals surface area (Å²) in [4.78, 5) is 17.1. The van der Waals surface area contributed by atoms with Crippen LogP contribution in [0.25, 0.3) is 0 Å². The SMILES string of the molecule is CC(CC#N)(OCc1ccc(Cl)cc1Cl)C(N)=NC1C2CC3CC1CC(C(N)=O)(C3)C2. The lowest BCUT2D eigenvalue weighted by atomic mass is 9.48. The number of amidine groups is 1. The number of amides is 1. The molecule has 6 nitrogen and oxygen atoms in total. The van der Waals surface area contributed by atoms with Crippen molar-refractivity contribution in [3.63, 3.8) is 0 Å². The van der Waals surface area contributed by atoms with Crippen LogP contribution >= 0.6 is 23.2 Å². The van der Waals surface area contributed by atoms with E-state index >= 15 is 0 Å². The zero-order valence-electron chi connectivity index (χ0n) is 17.6. The topological polar surface area (TPSA) is 114 Å². The average Bonchev–Trinajstić information content (AvgIpc) is 2.69. The summed E-state index contributed by atoms with van der Waals surface area (Å²) in [6.07, 6.45) is 4.67. The summed E-state index contributed by atoms with van der Waals surface area (Å²) >= 11 is 12.2. The summed E-state index contributed by atoms with van der Waals surface area (Å²) in [5, 5.41) is 10.5. The van der Waals surface area contributed by atoms with Gasteiger partial charge in [0.25, 0.3) is 0 Å². The molecule has 0 radical (unpaired) electrons. The van der Waals surface area contributed by atoms with E-state index in [4.69, 9.17) is 44.4 Å². The van der Waals surface area contributed by atoms with Gasteiger partial charge in [-0.15, -0.1) is 0 Å². The summed E-state index contributed by atoms with van der Waals surface area (Å²) in [6.45, 7) is 1.98. The van der Waals surface area contributed by atoms with Gasteiger partial charge in [0.2, 0.25) is 5.91 Å². The maximum absolute atomic E-state index is 12.2. The predicted molar refractivity (Wildman–Crippen MR) is 120 cm³/mol. The molecule has 0 saturated heterocycles. The Morgan fingerprint density at radius 3 is 2.55 bits per heavy atom. The first-order valence-corrected chi connectivity index (χ1v) is 11.5. The van der Waals surface area contributed by atoms with Crippen LogP contribution in [0.3, 0.4) is 0 Å². The van der Waals surface area contributed by atoms with Gasteiger partial charge >= 0.3 is 0 Å². The number of rotatable bonds is 7. The normalized spacial score (nSPS) is 33.7. The Labute approximate surface area is 192 Å². The molecule has 4 bridgehead atoms.